The third kappa shape index (κ3) is 5.86. The Bertz CT molecular complexity index is 801. The summed E-state index contributed by atoms with van der Waals surface area (Å²) in [7, 11) is 0. The first-order chi connectivity index (χ1) is 12.8. The number of aryl methyl sites for hydroxylation is 1. The first kappa shape index (κ1) is 21.5. The topological polar surface area (TPSA) is 46.6 Å². The number of benzene rings is 2. The molecule has 4 nitrogen and oxygen atoms in total. The zero-order valence-corrected chi connectivity index (χ0v) is 17.3. The summed E-state index contributed by atoms with van der Waals surface area (Å²) in [6.07, 6.45) is 0.838. The molecule has 0 aliphatic carbocycles. The number of nitrogens with zero attached hydrogens (tertiary/aromatic N) is 1. The lowest BCUT2D eigenvalue weighted by Crippen LogP contribution is -2.28. The van der Waals surface area contributed by atoms with Crippen LogP contribution in [0.25, 0.3) is 0 Å². The summed E-state index contributed by atoms with van der Waals surface area (Å²) < 4.78 is 3.82. The van der Waals surface area contributed by atoms with Crippen LogP contribution in [0.4, 0.5) is 5.69 Å². The number of esters is 1. The molecule has 0 aliphatic rings. The summed E-state index contributed by atoms with van der Waals surface area (Å²) in [5.74, 6) is -0.436. The molecule has 0 bridgehead atoms. The van der Waals surface area contributed by atoms with Gasteiger partial charge in [-0.05, 0) is 49.7 Å². The van der Waals surface area contributed by atoms with Crippen LogP contribution in [0.15, 0.2) is 42.5 Å². The fourth-order valence-corrected chi connectivity index (χ4v) is 2.96. The molecule has 0 unspecified atom stereocenters. The van der Waals surface area contributed by atoms with E-state index >= 15 is 0 Å². The highest BCUT2D eigenvalue weighted by Crippen LogP contribution is 2.38. The third-order valence-electron chi connectivity index (χ3n) is 4.17. The molecule has 2 aromatic carbocycles. The Morgan fingerprint density at radius 3 is 2.33 bits per heavy atom. The summed E-state index contributed by atoms with van der Waals surface area (Å²) in [4.78, 5) is 25.2. The number of hydrogen-bond acceptors (Lipinski definition) is 4. The van der Waals surface area contributed by atoms with Crippen LogP contribution in [-0.4, -0.2) is 32.0 Å². The molecule has 0 heterocycles. The molecule has 2 rings (SSSR count). The molecule has 0 saturated carbocycles. The van der Waals surface area contributed by atoms with E-state index in [1.54, 1.807) is 30.3 Å². The maximum atomic E-state index is 12.2. The van der Waals surface area contributed by atoms with Crippen molar-refractivity contribution < 1.29 is 14.3 Å². The number of alkyl halides is 3. The lowest BCUT2D eigenvalue weighted by molar-refractivity contribution is 0.0515. The van der Waals surface area contributed by atoms with Gasteiger partial charge in [0.25, 0.3) is 0 Å². The van der Waals surface area contributed by atoms with Gasteiger partial charge in [-0.25, -0.2) is 4.79 Å². The van der Waals surface area contributed by atoms with Crippen molar-refractivity contribution in [2.75, 3.05) is 24.6 Å². The Labute approximate surface area is 174 Å². The highest BCUT2D eigenvalue weighted by Gasteiger charge is 2.22. The second-order valence-corrected chi connectivity index (χ2v) is 8.23. The van der Waals surface area contributed by atoms with Gasteiger partial charge in [-0.2, -0.15) is 0 Å². The van der Waals surface area contributed by atoms with Gasteiger partial charge in [0.2, 0.25) is 3.79 Å². The van der Waals surface area contributed by atoms with E-state index in [4.69, 9.17) is 39.5 Å². The van der Waals surface area contributed by atoms with E-state index in [2.05, 4.69) is 4.90 Å². The summed E-state index contributed by atoms with van der Waals surface area (Å²) >= 11 is 17.4. The van der Waals surface area contributed by atoms with E-state index in [1.807, 2.05) is 26.0 Å². The minimum Gasteiger partial charge on any atom is -0.460 e. The van der Waals surface area contributed by atoms with Gasteiger partial charge < -0.3 is 9.64 Å². The molecule has 0 spiro atoms. The highest BCUT2D eigenvalue weighted by molar-refractivity contribution is 6.66. The first-order valence-corrected chi connectivity index (χ1v) is 9.54. The van der Waals surface area contributed by atoms with Gasteiger partial charge in [0.1, 0.15) is 12.9 Å². The molecule has 0 N–H and O–H groups in total. The molecule has 0 atom stereocenters. The number of rotatable bonds is 7. The number of halogens is 3. The maximum Gasteiger partial charge on any atom is 0.338 e. The van der Waals surface area contributed by atoms with Gasteiger partial charge in [0.05, 0.1) is 12.1 Å². The summed E-state index contributed by atoms with van der Waals surface area (Å²) in [5, 5.41) is 0. The Balaban J connectivity index is 1.94. The van der Waals surface area contributed by atoms with Crippen molar-refractivity contribution >= 4 is 52.7 Å². The molecular formula is C20H20Cl3NO3. The Kier molecular flexibility index (Phi) is 7.54. The molecule has 2 aromatic rings. The number of likely N-dealkylation sites (N-methyl/N-ethyl adjacent to an activating group) is 1. The van der Waals surface area contributed by atoms with E-state index in [-0.39, 0.29) is 6.61 Å². The number of carbonyl (C=O) groups is 2. The quantitative estimate of drug-likeness (QED) is 0.340. The molecule has 0 fully saturated rings. The standard InChI is InChI=1S/C20H20Cl3NO3/c1-3-24(18-9-6-16(13-25)14(2)12-18)10-11-27-19(26)15-4-7-17(8-5-15)20(21,22)23/h4-9,12-13H,3,10-11H2,1-2H3. The zero-order valence-electron chi connectivity index (χ0n) is 15.0. The number of ether oxygens (including phenoxy) is 1. The Hall–Kier alpha value is -1.75. The number of aldehydes is 1. The van der Waals surface area contributed by atoms with Crippen LogP contribution in [0.2, 0.25) is 0 Å². The Morgan fingerprint density at radius 2 is 1.81 bits per heavy atom. The number of hydrogen-bond donors (Lipinski definition) is 0. The molecule has 0 saturated heterocycles. The zero-order chi connectivity index (χ0) is 20.0. The molecule has 0 aliphatic heterocycles. The van der Waals surface area contributed by atoms with Gasteiger partial charge in [0.15, 0.2) is 0 Å². The molecule has 144 valence electrons. The van der Waals surface area contributed by atoms with Gasteiger partial charge in [-0.3, -0.25) is 4.79 Å². The van der Waals surface area contributed by atoms with Crippen LogP contribution in [0.3, 0.4) is 0 Å². The van der Waals surface area contributed by atoms with Crippen LogP contribution in [0.5, 0.6) is 0 Å². The molecule has 0 amide bonds. The molecule has 7 heteroatoms. The predicted octanol–water partition coefficient (Wildman–Crippen LogP) is 5.32. The fraction of sp³-hybridized carbons (Fsp3) is 0.300. The minimum atomic E-state index is -1.53. The van der Waals surface area contributed by atoms with Crippen molar-refractivity contribution in [3.63, 3.8) is 0 Å². The van der Waals surface area contributed by atoms with Crippen LogP contribution >= 0.6 is 34.8 Å². The SMILES string of the molecule is CCN(CCOC(=O)c1ccc(C(Cl)(Cl)Cl)cc1)c1ccc(C=O)c(C)c1. The molecule has 27 heavy (non-hydrogen) atoms. The van der Waals surface area contributed by atoms with E-state index in [1.165, 1.54) is 0 Å². The van der Waals surface area contributed by atoms with E-state index in [0.29, 0.717) is 23.2 Å². The van der Waals surface area contributed by atoms with E-state index in [9.17, 15) is 9.59 Å². The average Bonchev–Trinajstić information content (AvgIpc) is 2.64. The highest BCUT2D eigenvalue weighted by atomic mass is 35.6. The molecule has 0 radical (unpaired) electrons. The lowest BCUT2D eigenvalue weighted by Gasteiger charge is -2.23. The summed E-state index contributed by atoms with van der Waals surface area (Å²) in [5.41, 5.74) is 3.42. The van der Waals surface area contributed by atoms with Gasteiger partial charge in [0, 0.05) is 23.4 Å². The molecular weight excluding hydrogens is 409 g/mol. The van der Waals surface area contributed by atoms with E-state index < -0.39 is 9.76 Å². The van der Waals surface area contributed by atoms with Gasteiger partial charge in [-0.15, -0.1) is 0 Å². The van der Waals surface area contributed by atoms with Crippen molar-refractivity contribution in [3.05, 3.63) is 64.7 Å². The summed E-state index contributed by atoms with van der Waals surface area (Å²) in [6, 6.07) is 11.9. The average molecular weight is 429 g/mol. The normalized spacial score (nSPS) is 11.1. The van der Waals surface area contributed by atoms with Gasteiger partial charge in [-0.1, -0.05) is 46.9 Å². The lowest BCUT2D eigenvalue weighted by atomic mass is 10.1. The smallest absolute Gasteiger partial charge is 0.338 e. The van der Waals surface area contributed by atoms with Crippen molar-refractivity contribution in [1.29, 1.82) is 0 Å². The maximum absolute atomic E-state index is 12.2. The summed E-state index contributed by atoms with van der Waals surface area (Å²) in [6.45, 7) is 5.42. The number of anilines is 1. The van der Waals surface area contributed by atoms with Crippen molar-refractivity contribution in [3.8, 4) is 0 Å². The molecule has 0 aromatic heterocycles. The van der Waals surface area contributed by atoms with Crippen LogP contribution in [0, 0.1) is 6.92 Å². The second-order valence-electron chi connectivity index (χ2n) is 5.95. The predicted molar refractivity (Wildman–Crippen MR) is 110 cm³/mol. The van der Waals surface area contributed by atoms with Crippen molar-refractivity contribution in [1.82, 2.24) is 0 Å². The fourth-order valence-electron chi connectivity index (χ4n) is 2.59. The largest absolute Gasteiger partial charge is 0.460 e. The van der Waals surface area contributed by atoms with Crippen molar-refractivity contribution in [2.24, 2.45) is 0 Å². The first-order valence-electron chi connectivity index (χ1n) is 8.41. The van der Waals surface area contributed by atoms with Crippen LogP contribution in [0.1, 0.15) is 38.8 Å². The van der Waals surface area contributed by atoms with E-state index in [0.717, 1.165) is 24.1 Å². The van der Waals surface area contributed by atoms with Gasteiger partial charge >= 0.3 is 5.97 Å². The van der Waals surface area contributed by atoms with Crippen LogP contribution < -0.4 is 4.90 Å². The van der Waals surface area contributed by atoms with Crippen LogP contribution in [-0.2, 0) is 8.53 Å². The monoisotopic (exact) mass is 427 g/mol. The third-order valence-corrected chi connectivity index (χ3v) is 4.82. The van der Waals surface area contributed by atoms with Crippen molar-refractivity contribution in [2.45, 2.75) is 17.6 Å². The number of carbonyl (C=O) groups excluding carboxylic acids is 2. The Morgan fingerprint density at radius 1 is 1.15 bits per heavy atom. The minimum absolute atomic E-state index is 0.230. The second kappa shape index (κ2) is 9.45.